The number of furan rings is 1. The highest BCUT2D eigenvalue weighted by molar-refractivity contribution is 7.18. The number of anilines is 1. The molecule has 0 aliphatic heterocycles. The van der Waals surface area contributed by atoms with Crippen LogP contribution in [0.3, 0.4) is 0 Å². The quantitative estimate of drug-likeness (QED) is 0.552. The molecule has 29 heavy (non-hydrogen) atoms. The van der Waals surface area contributed by atoms with Crippen LogP contribution < -0.4 is 10.6 Å². The molecular weight excluding hydrogens is 392 g/mol. The van der Waals surface area contributed by atoms with Crippen LogP contribution in [0.4, 0.5) is 5.00 Å². The molecule has 0 spiro atoms. The molecule has 1 aromatic carbocycles. The third-order valence-corrected chi connectivity index (χ3v) is 4.97. The van der Waals surface area contributed by atoms with Gasteiger partial charge in [0.15, 0.2) is 5.76 Å². The SMILES string of the molecule is CCOC(=O)C(Cc1ccccc1)NC(=O)c1ccc(NC(=O)c2ccco2)s1. The molecule has 0 bridgehead atoms. The molecule has 8 heteroatoms. The van der Waals surface area contributed by atoms with Crippen molar-refractivity contribution in [1.29, 1.82) is 0 Å². The summed E-state index contributed by atoms with van der Waals surface area (Å²) in [6.07, 6.45) is 1.73. The zero-order chi connectivity index (χ0) is 20.6. The minimum Gasteiger partial charge on any atom is -0.464 e. The van der Waals surface area contributed by atoms with E-state index in [1.807, 2.05) is 30.3 Å². The van der Waals surface area contributed by atoms with Crippen LogP contribution in [0.2, 0.25) is 0 Å². The fourth-order valence-electron chi connectivity index (χ4n) is 2.62. The summed E-state index contributed by atoms with van der Waals surface area (Å²) in [6.45, 7) is 1.94. The summed E-state index contributed by atoms with van der Waals surface area (Å²) in [7, 11) is 0. The zero-order valence-corrected chi connectivity index (χ0v) is 16.5. The first-order valence-electron chi connectivity index (χ1n) is 9.03. The second kappa shape index (κ2) is 9.70. The van der Waals surface area contributed by atoms with Gasteiger partial charge in [-0.1, -0.05) is 30.3 Å². The number of carbonyl (C=O) groups excluding carboxylic acids is 3. The van der Waals surface area contributed by atoms with Gasteiger partial charge in [0.05, 0.1) is 22.7 Å². The number of ether oxygens (including phenoxy) is 1. The number of carbonyl (C=O) groups is 3. The van der Waals surface area contributed by atoms with E-state index in [4.69, 9.17) is 9.15 Å². The van der Waals surface area contributed by atoms with Crippen molar-refractivity contribution in [1.82, 2.24) is 5.32 Å². The predicted molar refractivity (Wildman–Crippen MR) is 109 cm³/mol. The molecule has 2 aromatic heterocycles. The van der Waals surface area contributed by atoms with Crippen LogP contribution >= 0.6 is 11.3 Å². The van der Waals surface area contributed by atoms with Gasteiger partial charge in [-0.2, -0.15) is 0 Å². The first-order valence-corrected chi connectivity index (χ1v) is 9.84. The molecule has 2 heterocycles. The van der Waals surface area contributed by atoms with Gasteiger partial charge in [-0.05, 0) is 36.8 Å². The van der Waals surface area contributed by atoms with Gasteiger partial charge in [-0.3, -0.25) is 9.59 Å². The summed E-state index contributed by atoms with van der Waals surface area (Å²) >= 11 is 1.10. The van der Waals surface area contributed by atoms with Crippen LogP contribution in [-0.4, -0.2) is 30.4 Å². The van der Waals surface area contributed by atoms with E-state index in [9.17, 15) is 14.4 Å². The van der Waals surface area contributed by atoms with E-state index >= 15 is 0 Å². The molecule has 2 N–H and O–H groups in total. The maximum atomic E-state index is 12.6. The Hall–Kier alpha value is -3.39. The molecular formula is C21H20N2O5S. The van der Waals surface area contributed by atoms with Gasteiger partial charge in [0.2, 0.25) is 0 Å². The Kier molecular flexibility index (Phi) is 6.80. The smallest absolute Gasteiger partial charge is 0.328 e. The first kappa shape index (κ1) is 20.3. The van der Waals surface area contributed by atoms with Crippen LogP contribution in [0.15, 0.2) is 65.3 Å². The Bertz CT molecular complexity index is 966. The van der Waals surface area contributed by atoms with Gasteiger partial charge >= 0.3 is 5.97 Å². The van der Waals surface area contributed by atoms with Crippen molar-refractivity contribution >= 4 is 34.1 Å². The van der Waals surface area contributed by atoms with Gasteiger partial charge in [0, 0.05) is 6.42 Å². The van der Waals surface area contributed by atoms with E-state index in [-0.39, 0.29) is 12.4 Å². The van der Waals surface area contributed by atoms with Crippen LogP contribution in [0.5, 0.6) is 0 Å². The Morgan fingerprint density at radius 2 is 1.83 bits per heavy atom. The average molecular weight is 412 g/mol. The standard InChI is InChI=1S/C21H20N2O5S/c1-2-27-21(26)15(13-14-7-4-3-5-8-14)22-20(25)17-10-11-18(29-17)23-19(24)16-9-6-12-28-16/h3-12,15H,2,13H2,1H3,(H,22,25)(H,23,24). The first-order chi connectivity index (χ1) is 14.1. The molecule has 3 rings (SSSR count). The Labute approximate surface area is 171 Å². The molecule has 1 atom stereocenters. The largest absolute Gasteiger partial charge is 0.464 e. The van der Waals surface area contributed by atoms with Crippen LogP contribution in [-0.2, 0) is 16.0 Å². The summed E-state index contributed by atoms with van der Waals surface area (Å²) < 4.78 is 10.1. The number of amides is 2. The molecule has 150 valence electrons. The number of hydrogen-bond donors (Lipinski definition) is 2. The van der Waals surface area contributed by atoms with E-state index in [2.05, 4.69) is 10.6 Å². The monoisotopic (exact) mass is 412 g/mol. The molecule has 0 aliphatic carbocycles. The van der Waals surface area contributed by atoms with Crippen molar-refractivity contribution < 1.29 is 23.5 Å². The molecule has 0 radical (unpaired) electrons. The van der Waals surface area contributed by atoms with Crippen molar-refractivity contribution in [2.75, 3.05) is 11.9 Å². The maximum absolute atomic E-state index is 12.6. The van der Waals surface area contributed by atoms with Crippen molar-refractivity contribution in [3.8, 4) is 0 Å². The topological polar surface area (TPSA) is 97.6 Å². The van der Waals surface area contributed by atoms with Crippen molar-refractivity contribution in [3.05, 3.63) is 77.1 Å². The summed E-state index contributed by atoms with van der Waals surface area (Å²) in [5.74, 6) is -1.14. The fourth-order valence-corrected chi connectivity index (χ4v) is 3.43. The summed E-state index contributed by atoms with van der Waals surface area (Å²) in [5.41, 5.74) is 0.906. The average Bonchev–Trinajstić information content (AvgIpc) is 3.40. The van der Waals surface area contributed by atoms with Gasteiger partial charge in [0.25, 0.3) is 11.8 Å². The minimum absolute atomic E-state index is 0.176. The zero-order valence-electron chi connectivity index (χ0n) is 15.7. The second-order valence-corrected chi connectivity index (χ2v) is 7.15. The van der Waals surface area contributed by atoms with Crippen molar-refractivity contribution in [2.24, 2.45) is 0 Å². The molecule has 0 saturated heterocycles. The predicted octanol–water partition coefficient (Wildman–Crippen LogP) is 3.50. The molecule has 3 aromatic rings. The third kappa shape index (κ3) is 5.55. The number of nitrogens with one attached hydrogen (secondary N) is 2. The van der Waals surface area contributed by atoms with E-state index < -0.39 is 23.8 Å². The summed E-state index contributed by atoms with van der Waals surface area (Å²) in [5, 5.41) is 5.89. The molecule has 1 unspecified atom stereocenters. The molecule has 0 aliphatic rings. The minimum atomic E-state index is -0.812. The van der Waals surface area contributed by atoms with Crippen molar-refractivity contribution in [3.63, 3.8) is 0 Å². The van der Waals surface area contributed by atoms with E-state index in [1.165, 1.54) is 6.26 Å². The number of hydrogen-bond acceptors (Lipinski definition) is 6. The lowest BCUT2D eigenvalue weighted by atomic mass is 10.1. The Balaban J connectivity index is 1.66. The van der Waals surface area contributed by atoms with E-state index in [0.29, 0.717) is 16.3 Å². The maximum Gasteiger partial charge on any atom is 0.328 e. The van der Waals surface area contributed by atoms with Crippen molar-refractivity contribution in [2.45, 2.75) is 19.4 Å². The van der Waals surface area contributed by atoms with E-state index in [1.54, 1.807) is 31.2 Å². The lowest BCUT2D eigenvalue weighted by Gasteiger charge is -2.17. The third-order valence-electron chi connectivity index (χ3n) is 3.97. The molecule has 7 nitrogen and oxygen atoms in total. The van der Waals surface area contributed by atoms with Gasteiger partial charge in [-0.15, -0.1) is 11.3 Å². The normalized spacial score (nSPS) is 11.5. The fraction of sp³-hybridized carbons (Fsp3) is 0.190. The van der Waals surface area contributed by atoms with Crippen LogP contribution in [0.25, 0.3) is 0 Å². The van der Waals surface area contributed by atoms with Gasteiger partial charge in [-0.25, -0.2) is 4.79 Å². The molecule has 2 amide bonds. The number of esters is 1. The number of thiophene rings is 1. The second-order valence-electron chi connectivity index (χ2n) is 6.06. The number of rotatable bonds is 8. The highest BCUT2D eigenvalue weighted by Crippen LogP contribution is 2.23. The lowest BCUT2D eigenvalue weighted by Crippen LogP contribution is -2.43. The highest BCUT2D eigenvalue weighted by Gasteiger charge is 2.24. The lowest BCUT2D eigenvalue weighted by molar-refractivity contribution is -0.145. The Morgan fingerprint density at radius 1 is 1.03 bits per heavy atom. The molecule has 0 saturated carbocycles. The highest BCUT2D eigenvalue weighted by atomic mass is 32.1. The van der Waals surface area contributed by atoms with E-state index in [0.717, 1.165) is 16.9 Å². The Morgan fingerprint density at radius 3 is 2.52 bits per heavy atom. The van der Waals surface area contributed by atoms with Crippen LogP contribution in [0.1, 0.15) is 32.7 Å². The molecule has 0 fully saturated rings. The van der Waals surface area contributed by atoms with Crippen LogP contribution in [0, 0.1) is 0 Å². The van der Waals surface area contributed by atoms with Gasteiger partial charge < -0.3 is 19.8 Å². The van der Waals surface area contributed by atoms with Gasteiger partial charge in [0.1, 0.15) is 6.04 Å². The number of benzene rings is 1. The summed E-state index contributed by atoms with van der Waals surface area (Å²) in [6, 6.07) is 14.9. The summed E-state index contributed by atoms with van der Waals surface area (Å²) in [4.78, 5) is 37.3.